The number of piperazine rings is 1. The van der Waals surface area contributed by atoms with Gasteiger partial charge in [0, 0.05) is 65.5 Å². The summed E-state index contributed by atoms with van der Waals surface area (Å²) in [5.41, 5.74) is 1.94. The van der Waals surface area contributed by atoms with E-state index in [1.54, 1.807) is 32.5 Å². The molecule has 32 heavy (non-hydrogen) atoms. The zero-order chi connectivity index (χ0) is 22.4. The van der Waals surface area contributed by atoms with Crippen LogP contribution in [0.2, 0.25) is 0 Å². The van der Waals surface area contributed by atoms with E-state index < -0.39 is 10.0 Å². The van der Waals surface area contributed by atoms with Gasteiger partial charge in [0.15, 0.2) is 5.96 Å². The fraction of sp³-hybridized carbons (Fsp3) is 0.524. The normalized spacial score (nSPS) is 15.8. The molecular formula is C21H33IN6O3S. The predicted octanol–water partition coefficient (Wildman–Crippen LogP) is 2.21. The Morgan fingerprint density at radius 2 is 1.84 bits per heavy atom. The van der Waals surface area contributed by atoms with Crippen molar-refractivity contribution < 1.29 is 12.9 Å². The third kappa shape index (κ3) is 6.65. The topological polar surface area (TPSA) is 94.3 Å². The van der Waals surface area contributed by atoms with E-state index in [0.717, 1.165) is 49.9 Å². The second-order valence-electron chi connectivity index (χ2n) is 7.91. The summed E-state index contributed by atoms with van der Waals surface area (Å²) in [7, 11) is -0.0849. The Hall–Kier alpha value is -1.70. The van der Waals surface area contributed by atoms with Crippen LogP contribution in [0, 0.1) is 0 Å². The largest absolute Gasteiger partial charge is 0.364 e. The molecule has 1 aliphatic rings. The Kier molecular flexibility index (Phi) is 9.92. The number of nitrogens with zero attached hydrogens (tertiary/aromatic N) is 5. The molecule has 0 spiro atoms. The number of hydrogen-bond donors (Lipinski definition) is 1. The molecule has 0 aliphatic carbocycles. The van der Waals surface area contributed by atoms with Gasteiger partial charge in [-0.25, -0.2) is 8.42 Å². The lowest BCUT2D eigenvalue weighted by atomic mass is 10.2. The van der Waals surface area contributed by atoms with Crippen LogP contribution in [-0.2, 0) is 23.1 Å². The van der Waals surface area contributed by atoms with Gasteiger partial charge in [-0.15, -0.1) is 24.0 Å². The maximum atomic E-state index is 12.6. The summed E-state index contributed by atoms with van der Waals surface area (Å²) in [6.45, 7) is 8.66. The van der Waals surface area contributed by atoms with Crippen LogP contribution in [-0.4, -0.2) is 80.0 Å². The summed E-state index contributed by atoms with van der Waals surface area (Å²) in [4.78, 5) is 9.29. The zero-order valence-electron chi connectivity index (χ0n) is 19.1. The highest BCUT2D eigenvalue weighted by molar-refractivity contribution is 14.0. The van der Waals surface area contributed by atoms with Crippen LogP contribution in [0.25, 0.3) is 0 Å². The number of guanidine groups is 1. The Bertz CT molecular complexity index is 956. The van der Waals surface area contributed by atoms with E-state index in [1.165, 1.54) is 4.31 Å². The van der Waals surface area contributed by atoms with Crippen molar-refractivity contribution in [3.63, 3.8) is 0 Å². The summed E-state index contributed by atoms with van der Waals surface area (Å²) in [6, 6.07) is 8.82. The van der Waals surface area contributed by atoms with E-state index >= 15 is 0 Å². The smallest absolute Gasteiger partial charge is 0.243 e. The molecule has 0 saturated carbocycles. The highest BCUT2D eigenvalue weighted by Gasteiger charge is 2.23. The van der Waals surface area contributed by atoms with Crippen LogP contribution in [0.3, 0.4) is 0 Å². The molecule has 1 aromatic heterocycles. The van der Waals surface area contributed by atoms with Crippen LogP contribution in [0.5, 0.6) is 0 Å². The highest BCUT2D eigenvalue weighted by Crippen LogP contribution is 2.17. The quantitative estimate of drug-likeness (QED) is 0.307. The van der Waals surface area contributed by atoms with Crippen molar-refractivity contribution in [3.8, 4) is 0 Å². The molecule has 1 aromatic carbocycles. The second-order valence-corrected chi connectivity index (χ2v) is 9.91. The molecule has 1 saturated heterocycles. The lowest BCUT2D eigenvalue weighted by Crippen LogP contribution is -2.52. The van der Waals surface area contributed by atoms with Crippen molar-refractivity contribution in [2.24, 2.45) is 4.99 Å². The number of aromatic nitrogens is 1. The first-order chi connectivity index (χ1) is 14.8. The van der Waals surface area contributed by atoms with Gasteiger partial charge in [0.2, 0.25) is 10.0 Å². The summed E-state index contributed by atoms with van der Waals surface area (Å²) < 4.78 is 31.5. The number of hydrogen-bond acceptors (Lipinski definition) is 6. The molecule has 1 aliphatic heterocycles. The van der Waals surface area contributed by atoms with Crippen molar-refractivity contribution >= 4 is 40.0 Å². The maximum absolute atomic E-state index is 12.6. The number of halogens is 1. The zero-order valence-corrected chi connectivity index (χ0v) is 22.2. The number of sulfonamides is 1. The number of aliphatic imine (C=N–C) groups is 1. The first kappa shape index (κ1) is 26.6. The summed E-state index contributed by atoms with van der Waals surface area (Å²) in [5, 5.41) is 7.36. The minimum absolute atomic E-state index is 0. The molecule has 178 valence electrons. The van der Waals surface area contributed by atoms with Crippen molar-refractivity contribution in [2.75, 3.05) is 40.3 Å². The molecule has 1 N–H and O–H groups in total. The van der Waals surface area contributed by atoms with E-state index in [-0.39, 0.29) is 30.0 Å². The summed E-state index contributed by atoms with van der Waals surface area (Å²) in [5.74, 6) is 0.845. The van der Waals surface area contributed by atoms with Crippen LogP contribution in [0.15, 0.2) is 51.0 Å². The second kappa shape index (κ2) is 12.0. The van der Waals surface area contributed by atoms with Crippen LogP contribution < -0.4 is 5.32 Å². The van der Waals surface area contributed by atoms with Gasteiger partial charge in [-0.3, -0.25) is 9.89 Å². The molecule has 0 radical (unpaired) electrons. The van der Waals surface area contributed by atoms with Gasteiger partial charge in [-0.05, 0) is 31.5 Å². The molecule has 0 amide bonds. The van der Waals surface area contributed by atoms with Crippen molar-refractivity contribution in [2.45, 2.75) is 37.9 Å². The van der Waals surface area contributed by atoms with E-state index in [2.05, 4.69) is 25.3 Å². The SMILES string of the molecule is CN=C(NCc1ccc(S(=O)(=O)N(C)C(C)C)cc1)N1CCN(Cc2ccon2)CC1.I. The van der Waals surface area contributed by atoms with Crippen LogP contribution >= 0.6 is 24.0 Å². The Morgan fingerprint density at radius 1 is 1.19 bits per heavy atom. The number of rotatable bonds is 7. The molecule has 2 aromatic rings. The van der Waals surface area contributed by atoms with E-state index in [4.69, 9.17) is 4.52 Å². The third-order valence-electron chi connectivity index (χ3n) is 5.54. The molecule has 0 unspecified atom stereocenters. The van der Waals surface area contributed by atoms with Gasteiger partial charge in [-0.1, -0.05) is 17.3 Å². The van der Waals surface area contributed by atoms with Crippen molar-refractivity contribution in [3.05, 3.63) is 47.9 Å². The third-order valence-corrected chi connectivity index (χ3v) is 7.59. The van der Waals surface area contributed by atoms with Crippen molar-refractivity contribution in [1.29, 1.82) is 0 Å². The molecule has 9 nitrogen and oxygen atoms in total. The minimum Gasteiger partial charge on any atom is -0.364 e. The molecule has 1 fully saturated rings. The van der Waals surface area contributed by atoms with Crippen molar-refractivity contribution in [1.82, 2.24) is 24.6 Å². The van der Waals surface area contributed by atoms with Gasteiger partial charge < -0.3 is 14.7 Å². The molecule has 3 rings (SSSR count). The maximum Gasteiger partial charge on any atom is 0.243 e. The predicted molar refractivity (Wildman–Crippen MR) is 135 cm³/mol. The average Bonchev–Trinajstić information content (AvgIpc) is 3.28. The van der Waals surface area contributed by atoms with E-state index in [0.29, 0.717) is 11.4 Å². The molecule has 11 heteroatoms. The first-order valence-corrected chi connectivity index (χ1v) is 11.9. The molecule has 0 atom stereocenters. The monoisotopic (exact) mass is 576 g/mol. The Morgan fingerprint density at radius 3 is 2.38 bits per heavy atom. The Balaban J connectivity index is 0.00000363. The highest BCUT2D eigenvalue weighted by atomic mass is 127. The van der Waals surface area contributed by atoms with Gasteiger partial charge in [-0.2, -0.15) is 4.31 Å². The minimum atomic E-state index is -3.47. The fourth-order valence-corrected chi connectivity index (χ4v) is 4.77. The van der Waals surface area contributed by atoms with Crippen LogP contribution in [0.1, 0.15) is 25.1 Å². The molecular weight excluding hydrogens is 543 g/mol. The van der Waals surface area contributed by atoms with Gasteiger partial charge in [0.25, 0.3) is 0 Å². The lowest BCUT2D eigenvalue weighted by Gasteiger charge is -2.36. The van der Waals surface area contributed by atoms with Gasteiger partial charge in [0.05, 0.1) is 10.6 Å². The fourth-order valence-electron chi connectivity index (χ4n) is 3.40. The molecule has 0 bridgehead atoms. The Labute approximate surface area is 207 Å². The standard InChI is InChI=1S/C21H32N6O3S.HI/c1-17(2)25(4)31(28,29)20-7-5-18(6-8-20)15-23-21(22-3)27-12-10-26(11-13-27)16-19-9-14-30-24-19;/h5-9,14,17H,10-13,15-16H2,1-4H3,(H,22,23);1H. The van der Waals surface area contributed by atoms with E-state index in [1.807, 2.05) is 32.0 Å². The summed E-state index contributed by atoms with van der Waals surface area (Å²) in [6.07, 6.45) is 1.60. The van der Waals surface area contributed by atoms with E-state index in [9.17, 15) is 8.42 Å². The first-order valence-electron chi connectivity index (χ1n) is 10.5. The van der Waals surface area contributed by atoms with Gasteiger partial charge in [0.1, 0.15) is 6.26 Å². The summed E-state index contributed by atoms with van der Waals surface area (Å²) >= 11 is 0. The lowest BCUT2D eigenvalue weighted by molar-refractivity contribution is 0.169. The number of nitrogens with one attached hydrogen (secondary N) is 1. The number of benzene rings is 1. The van der Waals surface area contributed by atoms with Crippen LogP contribution in [0.4, 0.5) is 0 Å². The van der Waals surface area contributed by atoms with Gasteiger partial charge >= 0.3 is 0 Å². The average molecular weight is 577 g/mol. The molecule has 2 heterocycles.